The van der Waals surface area contributed by atoms with Gasteiger partial charge in [0.15, 0.2) is 11.6 Å². The van der Waals surface area contributed by atoms with E-state index in [9.17, 15) is 23.2 Å². The summed E-state index contributed by atoms with van der Waals surface area (Å²) in [7, 11) is 0. The van der Waals surface area contributed by atoms with Crippen LogP contribution in [0, 0.1) is 11.6 Å². The molecular weight excluding hydrogens is 336 g/mol. The molecule has 7 nitrogen and oxygen atoms in total. The second kappa shape index (κ2) is 6.40. The van der Waals surface area contributed by atoms with Crippen LogP contribution in [0.2, 0.25) is 0 Å². The largest absolute Gasteiger partial charge is 0.378 e. The number of urea groups is 1. The van der Waals surface area contributed by atoms with E-state index >= 15 is 0 Å². The van der Waals surface area contributed by atoms with Gasteiger partial charge in [0.25, 0.3) is 5.91 Å². The summed E-state index contributed by atoms with van der Waals surface area (Å²) in [6, 6.07) is 2.22. The van der Waals surface area contributed by atoms with Gasteiger partial charge in [0.2, 0.25) is 5.91 Å². The summed E-state index contributed by atoms with van der Waals surface area (Å²) in [6.45, 7) is 2.56. The maximum absolute atomic E-state index is 13.5. The number of ether oxygens (including phenoxy) is 1. The van der Waals surface area contributed by atoms with Crippen molar-refractivity contribution in [3.8, 4) is 0 Å². The van der Waals surface area contributed by atoms with Crippen LogP contribution < -0.4 is 5.32 Å². The molecule has 0 radical (unpaired) electrons. The molecule has 0 spiro atoms. The van der Waals surface area contributed by atoms with E-state index in [0.29, 0.717) is 26.3 Å². The van der Waals surface area contributed by atoms with Gasteiger partial charge >= 0.3 is 6.03 Å². The fourth-order valence-electron chi connectivity index (χ4n) is 2.89. The highest BCUT2D eigenvalue weighted by molar-refractivity contribution is 6.09. The summed E-state index contributed by atoms with van der Waals surface area (Å²) in [6.07, 6.45) is 0. The highest BCUT2D eigenvalue weighted by atomic mass is 19.2. The molecule has 134 valence electrons. The molecular formula is C16H17F2N3O4. The van der Waals surface area contributed by atoms with Crippen LogP contribution in [0.25, 0.3) is 0 Å². The van der Waals surface area contributed by atoms with E-state index in [1.165, 1.54) is 17.9 Å². The molecule has 0 aliphatic carbocycles. The zero-order valence-electron chi connectivity index (χ0n) is 13.6. The van der Waals surface area contributed by atoms with Crippen LogP contribution in [0.1, 0.15) is 12.5 Å². The second-order valence-corrected chi connectivity index (χ2v) is 6.07. The summed E-state index contributed by atoms with van der Waals surface area (Å²) in [5, 5.41) is 2.45. The lowest BCUT2D eigenvalue weighted by Gasteiger charge is -2.28. The third kappa shape index (κ3) is 3.07. The van der Waals surface area contributed by atoms with Crippen molar-refractivity contribution in [2.24, 2.45) is 0 Å². The maximum atomic E-state index is 13.5. The van der Waals surface area contributed by atoms with Gasteiger partial charge in [-0.2, -0.15) is 0 Å². The molecule has 2 fully saturated rings. The molecule has 1 N–H and O–H groups in total. The van der Waals surface area contributed by atoms with Crippen molar-refractivity contribution in [2.45, 2.75) is 12.5 Å². The number of carbonyl (C=O) groups excluding carboxylic acids is 3. The molecule has 3 rings (SSSR count). The third-order valence-corrected chi connectivity index (χ3v) is 4.43. The van der Waals surface area contributed by atoms with Gasteiger partial charge in [-0.1, -0.05) is 6.07 Å². The Balaban J connectivity index is 1.79. The summed E-state index contributed by atoms with van der Waals surface area (Å²) in [5.41, 5.74) is -1.46. The quantitative estimate of drug-likeness (QED) is 0.807. The van der Waals surface area contributed by atoms with Crippen molar-refractivity contribution in [3.63, 3.8) is 0 Å². The molecule has 1 aromatic carbocycles. The lowest BCUT2D eigenvalue weighted by atomic mass is 9.92. The summed E-state index contributed by atoms with van der Waals surface area (Å²) < 4.78 is 31.8. The number of rotatable bonds is 3. The Morgan fingerprint density at radius 2 is 1.92 bits per heavy atom. The molecule has 9 heteroatoms. The minimum absolute atomic E-state index is 0.103. The zero-order valence-corrected chi connectivity index (χ0v) is 13.6. The van der Waals surface area contributed by atoms with Crippen LogP contribution >= 0.6 is 0 Å². The Morgan fingerprint density at radius 3 is 2.56 bits per heavy atom. The average molecular weight is 353 g/mol. The summed E-state index contributed by atoms with van der Waals surface area (Å²) in [5.74, 6) is -3.24. The van der Waals surface area contributed by atoms with E-state index in [2.05, 4.69) is 5.32 Å². The molecule has 0 saturated carbocycles. The Labute approximate surface area is 142 Å². The van der Waals surface area contributed by atoms with Crippen LogP contribution in [0.5, 0.6) is 0 Å². The van der Waals surface area contributed by atoms with E-state index in [1.807, 2.05) is 0 Å². The van der Waals surface area contributed by atoms with Crippen molar-refractivity contribution in [1.82, 2.24) is 15.1 Å². The number of nitrogens with one attached hydrogen (secondary N) is 1. The SMILES string of the molecule is CC1(c2ccc(F)c(F)c2)NC(=O)N(CC(=O)N2CCOCC2)C1=O. The smallest absolute Gasteiger partial charge is 0.325 e. The number of halogens is 2. The van der Waals surface area contributed by atoms with E-state index in [4.69, 9.17) is 4.74 Å². The van der Waals surface area contributed by atoms with Crippen LogP contribution in [-0.2, 0) is 19.9 Å². The van der Waals surface area contributed by atoms with Crippen molar-refractivity contribution in [1.29, 1.82) is 0 Å². The van der Waals surface area contributed by atoms with Gasteiger partial charge in [0, 0.05) is 13.1 Å². The lowest BCUT2D eigenvalue weighted by Crippen LogP contribution is -2.47. The second-order valence-electron chi connectivity index (χ2n) is 6.07. The maximum Gasteiger partial charge on any atom is 0.325 e. The number of carbonyl (C=O) groups is 3. The minimum atomic E-state index is -1.56. The van der Waals surface area contributed by atoms with Crippen molar-refractivity contribution in [3.05, 3.63) is 35.4 Å². The number of nitrogens with zero attached hydrogens (tertiary/aromatic N) is 2. The van der Waals surface area contributed by atoms with Gasteiger partial charge in [0.05, 0.1) is 13.2 Å². The third-order valence-electron chi connectivity index (χ3n) is 4.43. The predicted octanol–water partition coefficient (Wildman–Crippen LogP) is 0.591. The molecule has 1 aromatic rings. The Hall–Kier alpha value is -2.55. The Kier molecular flexibility index (Phi) is 4.42. The van der Waals surface area contributed by atoms with Crippen LogP contribution in [0.15, 0.2) is 18.2 Å². The molecule has 1 unspecified atom stereocenters. The number of benzene rings is 1. The van der Waals surface area contributed by atoms with Gasteiger partial charge in [-0.15, -0.1) is 0 Å². The number of imide groups is 1. The monoisotopic (exact) mass is 353 g/mol. The Bertz CT molecular complexity index is 736. The molecule has 25 heavy (non-hydrogen) atoms. The van der Waals surface area contributed by atoms with Crippen molar-refractivity contribution in [2.75, 3.05) is 32.8 Å². The van der Waals surface area contributed by atoms with Crippen LogP contribution in [-0.4, -0.2) is 60.5 Å². The number of morpholine rings is 1. The fraction of sp³-hybridized carbons (Fsp3) is 0.438. The number of hydrogen-bond acceptors (Lipinski definition) is 4. The van der Waals surface area contributed by atoms with E-state index < -0.39 is 35.7 Å². The first-order valence-corrected chi connectivity index (χ1v) is 7.78. The van der Waals surface area contributed by atoms with E-state index in [0.717, 1.165) is 17.0 Å². The normalized spacial score (nSPS) is 23.8. The lowest BCUT2D eigenvalue weighted by molar-refractivity contribution is -0.141. The molecule has 0 aromatic heterocycles. The van der Waals surface area contributed by atoms with Gasteiger partial charge < -0.3 is 15.0 Å². The zero-order chi connectivity index (χ0) is 18.2. The van der Waals surface area contributed by atoms with Crippen molar-refractivity contribution >= 4 is 17.8 Å². The first-order chi connectivity index (χ1) is 11.8. The molecule has 2 aliphatic heterocycles. The molecule has 4 amide bonds. The van der Waals surface area contributed by atoms with Gasteiger partial charge in [-0.05, 0) is 24.6 Å². The van der Waals surface area contributed by atoms with Gasteiger partial charge in [-0.3, -0.25) is 14.5 Å². The molecule has 2 aliphatic rings. The standard InChI is InChI=1S/C16H17F2N3O4/c1-16(10-2-3-11(17)12(18)8-10)14(23)21(15(24)19-16)9-13(22)20-4-6-25-7-5-20/h2-3,8H,4-7,9H2,1H3,(H,19,24). The van der Waals surface area contributed by atoms with Crippen LogP contribution in [0.3, 0.4) is 0 Å². The van der Waals surface area contributed by atoms with E-state index in [1.54, 1.807) is 0 Å². The molecule has 2 heterocycles. The topological polar surface area (TPSA) is 79.0 Å². The highest BCUT2D eigenvalue weighted by Gasteiger charge is 2.50. The summed E-state index contributed by atoms with van der Waals surface area (Å²) in [4.78, 5) is 39.4. The Morgan fingerprint density at radius 1 is 1.24 bits per heavy atom. The molecule has 2 saturated heterocycles. The minimum Gasteiger partial charge on any atom is -0.378 e. The fourth-order valence-corrected chi connectivity index (χ4v) is 2.89. The number of hydrogen-bond donors (Lipinski definition) is 1. The molecule has 1 atom stereocenters. The van der Waals surface area contributed by atoms with E-state index in [-0.39, 0.29) is 11.5 Å². The highest BCUT2D eigenvalue weighted by Crippen LogP contribution is 2.29. The number of amides is 4. The van der Waals surface area contributed by atoms with Gasteiger partial charge in [-0.25, -0.2) is 13.6 Å². The van der Waals surface area contributed by atoms with Crippen molar-refractivity contribution < 1.29 is 27.9 Å². The average Bonchev–Trinajstić information content (AvgIpc) is 2.82. The first kappa shape index (κ1) is 17.3. The van der Waals surface area contributed by atoms with Gasteiger partial charge in [0.1, 0.15) is 12.1 Å². The summed E-state index contributed by atoms with van der Waals surface area (Å²) >= 11 is 0. The molecule has 0 bridgehead atoms. The predicted molar refractivity (Wildman–Crippen MR) is 81.4 cm³/mol. The first-order valence-electron chi connectivity index (χ1n) is 7.78. The van der Waals surface area contributed by atoms with Crippen LogP contribution in [0.4, 0.5) is 13.6 Å².